The van der Waals surface area contributed by atoms with Gasteiger partial charge in [0, 0.05) is 48.7 Å². The predicted molar refractivity (Wildman–Crippen MR) is 121 cm³/mol. The fourth-order valence-electron chi connectivity index (χ4n) is 3.84. The largest absolute Gasteiger partial charge is 0.464 e. The Kier molecular flexibility index (Phi) is 7.20. The fourth-order valence-corrected chi connectivity index (χ4v) is 3.84. The van der Waals surface area contributed by atoms with Gasteiger partial charge in [-0.1, -0.05) is 24.3 Å². The highest BCUT2D eigenvalue weighted by molar-refractivity contribution is 6.06. The van der Waals surface area contributed by atoms with Gasteiger partial charge in [0.25, 0.3) is 5.91 Å². The minimum Gasteiger partial charge on any atom is -0.464 e. The number of carbonyl (C=O) groups is 3. The van der Waals surface area contributed by atoms with Gasteiger partial charge in [-0.05, 0) is 43.7 Å². The van der Waals surface area contributed by atoms with E-state index in [4.69, 9.17) is 4.74 Å². The molecule has 3 rings (SSSR count). The number of ether oxygens (including phenoxy) is 1. The third-order valence-corrected chi connectivity index (χ3v) is 5.59. The molecule has 2 aromatic heterocycles. The number of nitrogens with zero attached hydrogens (tertiary/aromatic N) is 3. The number of esters is 1. The number of hydrogen-bond acceptors (Lipinski definition) is 5. The summed E-state index contributed by atoms with van der Waals surface area (Å²) < 4.78 is 6.53. The van der Waals surface area contributed by atoms with E-state index in [0.29, 0.717) is 41.0 Å². The summed E-state index contributed by atoms with van der Waals surface area (Å²) in [4.78, 5) is 44.6. The number of hydrogen-bond donors (Lipinski definition) is 0. The maximum absolute atomic E-state index is 13.3. The van der Waals surface area contributed by atoms with Crippen LogP contribution in [0.25, 0.3) is 0 Å². The van der Waals surface area contributed by atoms with Gasteiger partial charge >= 0.3 is 5.97 Å². The summed E-state index contributed by atoms with van der Waals surface area (Å²) in [5.74, 6) is -0.954. The quantitative estimate of drug-likeness (QED) is 0.402. The summed E-state index contributed by atoms with van der Waals surface area (Å²) in [7, 11) is 3.03. The molecule has 0 aliphatic heterocycles. The first-order chi connectivity index (χ1) is 15.3. The molecule has 0 aliphatic rings. The van der Waals surface area contributed by atoms with Gasteiger partial charge in [0.15, 0.2) is 5.78 Å². The number of methoxy groups -OCH3 is 1. The second-order valence-corrected chi connectivity index (χ2v) is 7.57. The lowest BCUT2D eigenvalue weighted by Crippen LogP contribution is -2.37. The SMILES string of the molecule is COC(=O)c1c(C)c(C(=O)CN(CCc2ccccn2)C(=O)c2ccccc2)c(C)n1C. The molecule has 3 aromatic rings. The minimum absolute atomic E-state index is 0.104. The van der Waals surface area contributed by atoms with Gasteiger partial charge in [-0.15, -0.1) is 0 Å². The van der Waals surface area contributed by atoms with Gasteiger partial charge in [-0.3, -0.25) is 14.6 Å². The maximum atomic E-state index is 13.3. The van der Waals surface area contributed by atoms with E-state index in [2.05, 4.69) is 4.98 Å². The maximum Gasteiger partial charge on any atom is 0.354 e. The average molecular weight is 434 g/mol. The van der Waals surface area contributed by atoms with Gasteiger partial charge in [0.05, 0.1) is 13.7 Å². The Labute approximate surface area is 187 Å². The zero-order chi connectivity index (χ0) is 23.3. The molecule has 0 aliphatic carbocycles. The first-order valence-electron chi connectivity index (χ1n) is 10.4. The summed E-state index contributed by atoms with van der Waals surface area (Å²) in [6.07, 6.45) is 2.22. The molecule has 2 heterocycles. The van der Waals surface area contributed by atoms with Crippen LogP contribution in [0.5, 0.6) is 0 Å². The number of Topliss-reactive ketones (excluding diaryl/α,β-unsaturated/α-hetero) is 1. The smallest absolute Gasteiger partial charge is 0.354 e. The molecular formula is C25H27N3O4. The molecule has 0 fully saturated rings. The van der Waals surface area contributed by atoms with Crippen molar-refractivity contribution >= 4 is 17.7 Å². The Balaban J connectivity index is 1.89. The van der Waals surface area contributed by atoms with Crippen molar-refractivity contribution in [1.29, 1.82) is 0 Å². The highest BCUT2D eigenvalue weighted by Crippen LogP contribution is 2.23. The van der Waals surface area contributed by atoms with E-state index in [1.54, 1.807) is 55.9 Å². The molecule has 0 saturated carbocycles. The van der Waals surface area contributed by atoms with E-state index in [0.717, 1.165) is 5.69 Å². The normalized spacial score (nSPS) is 10.6. The molecule has 0 bridgehead atoms. The van der Waals surface area contributed by atoms with Crippen molar-refractivity contribution in [3.8, 4) is 0 Å². The third kappa shape index (κ3) is 4.77. The Morgan fingerprint density at radius 1 is 1.03 bits per heavy atom. The lowest BCUT2D eigenvalue weighted by Gasteiger charge is -2.22. The standard InChI is InChI=1S/C25H27N3O4/c1-17-22(18(2)27(3)23(17)25(31)32-4)21(29)16-28(15-13-20-12-8-9-14-26-20)24(30)19-10-6-5-7-11-19/h5-12,14H,13,15-16H2,1-4H3. The van der Waals surface area contributed by atoms with E-state index >= 15 is 0 Å². The molecule has 7 heteroatoms. The highest BCUT2D eigenvalue weighted by Gasteiger charge is 2.27. The molecule has 1 amide bonds. The Hall–Kier alpha value is -3.74. The second kappa shape index (κ2) is 10.0. The summed E-state index contributed by atoms with van der Waals surface area (Å²) in [5.41, 5.74) is 3.34. The van der Waals surface area contributed by atoms with Crippen molar-refractivity contribution in [3.63, 3.8) is 0 Å². The van der Waals surface area contributed by atoms with Crippen molar-refractivity contribution in [1.82, 2.24) is 14.5 Å². The van der Waals surface area contributed by atoms with Crippen LogP contribution in [0.15, 0.2) is 54.7 Å². The topological polar surface area (TPSA) is 81.5 Å². The number of pyridine rings is 1. The van der Waals surface area contributed by atoms with Gasteiger partial charge in [0.1, 0.15) is 5.69 Å². The molecule has 0 radical (unpaired) electrons. The van der Waals surface area contributed by atoms with Gasteiger partial charge in [-0.2, -0.15) is 0 Å². The van der Waals surface area contributed by atoms with Crippen LogP contribution in [-0.2, 0) is 18.2 Å². The first kappa shape index (κ1) is 22.9. The molecule has 0 saturated heterocycles. The fraction of sp³-hybridized carbons (Fsp3) is 0.280. The van der Waals surface area contributed by atoms with E-state index in [1.165, 1.54) is 12.0 Å². The van der Waals surface area contributed by atoms with Crippen molar-refractivity contribution in [2.24, 2.45) is 7.05 Å². The number of rotatable bonds is 8. The Morgan fingerprint density at radius 3 is 2.34 bits per heavy atom. The van der Waals surface area contributed by atoms with E-state index < -0.39 is 5.97 Å². The minimum atomic E-state index is -0.500. The molecule has 32 heavy (non-hydrogen) atoms. The number of benzene rings is 1. The summed E-state index contributed by atoms with van der Waals surface area (Å²) in [6, 6.07) is 14.5. The Bertz CT molecular complexity index is 1120. The van der Waals surface area contributed by atoms with Crippen LogP contribution in [0.1, 0.15) is 48.2 Å². The molecule has 7 nitrogen and oxygen atoms in total. The lowest BCUT2D eigenvalue weighted by atomic mass is 10.0. The van der Waals surface area contributed by atoms with Gasteiger partial charge in [0.2, 0.25) is 0 Å². The average Bonchev–Trinajstić information content (AvgIpc) is 3.04. The van der Waals surface area contributed by atoms with Crippen molar-refractivity contribution in [2.75, 3.05) is 20.2 Å². The highest BCUT2D eigenvalue weighted by atomic mass is 16.5. The lowest BCUT2D eigenvalue weighted by molar-refractivity contribution is 0.0588. The monoisotopic (exact) mass is 433 g/mol. The first-order valence-corrected chi connectivity index (χ1v) is 10.4. The van der Waals surface area contributed by atoms with Crippen LogP contribution in [0.4, 0.5) is 0 Å². The van der Waals surface area contributed by atoms with E-state index in [9.17, 15) is 14.4 Å². The molecule has 0 unspecified atom stereocenters. The molecule has 0 spiro atoms. The van der Waals surface area contributed by atoms with E-state index in [-0.39, 0.29) is 18.2 Å². The third-order valence-electron chi connectivity index (χ3n) is 5.59. The van der Waals surface area contributed by atoms with Crippen molar-refractivity contribution < 1.29 is 19.1 Å². The number of carbonyl (C=O) groups excluding carboxylic acids is 3. The second-order valence-electron chi connectivity index (χ2n) is 7.57. The van der Waals surface area contributed by atoms with Crippen LogP contribution in [-0.4, -0.2) is 52.3 Å². The van der Waals surface area contributed by atoms with Crippen molar-refractivity contribution in [3.05, 3.63) is 88.5 Å². The number of amides is 1. The molecular weight excluding hydrogens is 406 g/mol. The van der Waals surface area contributed by atoms with Crippen molar-refractivity contribution in [2.45, 2.75) is 20.3 Å². The van der Waals surface area contributed by atoms with Crippen LogP contribution >= 0.6 is 0 Å². The molecule has 1 aromatic carbocycles. The van der Waals surface area contributed by atoms with Crippen LogP contribution in [0.2, 0.25) is 0 Å². The van der Waals surface area contributed by atoms with E-state index in [1.807, 2.05) is 24.3 Å². The summed E-state index contributed by atoms with van der Waals surface area (Å²) in [6.45, 7) is 3.74. The van der Waals surface area contributed by atoms with Gasteiger partial charge in [-0.25, -0.2) is 4.79 Å². The van der Waals surface area contributed by atoms with Crippen LogP contribution < -0.4 is 0 Å². The Morgan fingerprint density at radius 2 is 1.72 bits per heavy atom. The molecule has 166 valence electrons. The summed E-state index contributed by atoms with van der Waals surface area (Å²) >= 11 is 0. The number of ketones is 1. The van der Waals surface area contributed by atoms with Crippen LogP contribution in [0.3, 0.4) is 0 Å². The zero-order valence-electron chi connectivity index (χ0n) is 18.8. The van der Waals surface area contributed by atoms with Crippen LogP contribution in [0, 0.1) is 13.8 Å². The molecule has 0 N–H and O–H groups in total. The molecule has 0 atom stereocenters. The zero-order valence-corrected chi connectivity index (χ0v) is 18.8. The van der Waals surface area contributed by atoms with Gasteiger partial charge < -0.3 is 14.2 Å². The summed E-state index contributed by atoms with van der Waals surface area (Å²) in [5, 5.41) is 0. The number of aromatic nitrogens is 2. The predicted octanol–water partition coefficient (Wildman–Crippen LogP) is 3.39.